The van der Waals surface area contributed by atoms with Crippen molar-refractivity contribution in [1.29, 1.82) is 0 Å². The Hall–Kier alpha value is -2.96. The lowest BCUT2D eigenvalue weighted by Crippen LogP contribution is -2.03. The number of hydrogen-bond donors (Lipinski definition) is 2. The number of aromatic nitrogens is 4. The van der Waals surface area contributed by atoms with Gasteiger partial charge in [0.05, 0.1) is 6.20 Å². The monoisotopic (exact) mass is 282 g/mol. The Morgan fingerprint density at radius 2 is 1.90 bits per heavy atom. The summed E-state index contributed by atoms with van der Waals surface area (Å²) in [4.78, 5) is 4.34. The van der Waals surface area contributed by atoms with E-state index in [4.69, 9.17) is 4.52 Å². The average Bonchev–Trinajstić information content (AvgIpc) is 2.87. The van der Waals surface area contributed by atoms with Gasteiger partial charge in [0.25, 0.3) is 0 Å². The molecule has 0 aliphatic carbocycles. The summed E-state index contributed by atoms with van der Waals surface area (Å²) in [5.41, 5.74) is 2.10. The van der Waals surface area contributed by atoms with Crippen LogP contribution in [-0.2, 0) is 0 Å². The zero-order valence-corrected chi connectivity index (χ0v) is 11.7. The molecule has 0 radical (unpaired) electrons. The molecule has 0 unspecified atom stereocenters. The summed E-state index contributed by atoms with van der Waals surface area (Å²) in [5, 5.41) is 17.8. The molecule has 3 aromatic rings. The standard InChI is InChI=1S/C14H14N6O/c1-9-5-3-4-6-11(9)16-13-8-15-19-14(18-13)17-12-7-10(2)21-20-12/h3-8H,1-2H3,(H2,16,17,18,19,20). The molecule has 0 saturated carbocycles. The van der Waals surface area contributed by atoms with Crippen molar-refractivity contribution in [2.45, 2.75) is 13.8 Å². The van der Waals surface area contributed by atoms with Crippen LogP contribution in [0.25, 0.3) is 0 Å². The first kappa shape index (κ1) is 13.0. The zero-order valence-electron chi connectivity index (χ0n) is 11.7. The van der Waals surface area contributed by atoms with Gasteiger partial charge in [-0.15, -0.1) is 5.10 Å². The summed E-state index contributed by atoms with van der Waals surface area (Å²) >= 11 is 0. The quantitative estimate of drug-likeness (QED) is 0.760. The lowest BCUT2D eigenvalue weighted by molar-refractivity contribution is 0.400. The summed E-state index contributed by atoms with van der Waals surface area (Å²) < 4.78 is 4.97. The number of anilines is 4. The second-order valence-electron chi connectivity index (χ2n) is 4.55. The number of benzene rings is 1. The van der Waals surface area contributed by atoms with E-state index in [1.54, 1.807) is 12.3 Å². The molecule has 0 bridgehead atoms. The first-order chi connectivity index (χ1) is 10.2. The summed E-state index contributed by atoms with van der Waals surface area (Å²) in [6.45, 7) is 3.84. The Balaban J connectivity index is 1.78. The minimum atomic E-state index is 0.349. The van der Waals surface area contributed by atoms with Crippen LogP contribution in [0.1, 0.15) is 11.3 Å². The Labute approximate surface area is 121 Å². The molecule has 106 valence electrons. The highest BCUT2D eigenvalue weighted by atomic mass is 16.5. The van der Waals surface area contributed by atoms with Gasteiger partial charge < -0.3 is 15.2 Å². The van der Waals surface area contributed by atoms with E-state index in [2.05, 4.69) is 31.0 Å². The van der Waals surface area contributed by atoms with Gasteiger partial charge in [0.2, 0.25) is 5.95 Å². The Morgan fingerprint density at radius 1 is 1.05 bits per heavy atom. The number of aryl methyl sites for hydroxylation is 2. The summed E-state index contributed by atoms with van der Waals surface area (Å²) in [7, 11) is 0. The molecule has 0 amide bonds. The van der Waals surface area contributed by atoms with E-state index in [1.807, 2.05) is 38.1 Å². The van der Waals surface area contributed by atoms with Crippen molar-refractivity contribution < 1.29 is 4.52 Å². The van der Waals surface area contributed by atoms with Crippen molar-refractivity contribution >= 4 is 23.3 Å². The largest absolute Gasteiger partial charge is 0.360 e. The fourth-order valence-corrected chi connectivity index (χ4v) is 1.81. The van der Waals surface area contributed by atoms with Gasteiger partial charge in [0.1, 0.15) is 5.76 Å². The van der Waals surface area contributed by atoms with Crippen molar-refractivity contribution in [1.82, 2.24) is 20.3 Å². The van der Waals surface area contributed by atoms with Crippen LogP contribution in [0.3, 0.4) is 0 Å². The third-order valence-electron chi connectivity index (χ3n) is 2.83. The third-order valence-corrected chi connectivity index (χ3v) is 2.83. The average molecular weight is 282 g/mol. The van der Waals surface area contributed by atoms with E-state index >= 15 is 0 Å². The summed E-state index contributed by atoms with van der Waals surface area (Å²) in [6.07, 6.45) is 1.56. The molecule has 2 heterocycles. The Morgan fingerprint density at radius 3 is 2.67 bits per heavy atom. The predicted molar refractivity (Wildman–Crippen MR) is 78.8 cm³/mol. The van der Waals surface area contributed by atoms with E-state index in [0.29, 0.717) is 23.3 Å². The van der Waals surface area contributed by atoms with Gasteiger partial charge in [0.15, 0.2) is 11.6 Å². The maximum atomic E-state index is 4.97. The van der Waals surface area contributed by atoms with Crippen molar-refractivity contribution in [2.24, 2.45) is 0 Å². The van der Waals surface area contributed by atoms with Crippen LogP contribution in [0.4, 0.5) is 23.3 Å². The Kier molecular flexibility index (Phi) is 3.46. The molecule has 7 nitrogen and oxygen atoms in total. The van der Waals surface area contributed by atoms with E-state index in [0.717, 1.165) is 11.3 Å². The first-order valence-electron chi connectivity index (χ1n) is 6.43. The van der Waals surface area contributed by atoms with Gasteiger partial charge in [-0.1, -0.05) is 23.4 Å². The van der Waals surface area contributed by atoms with Crippen LogP contribution >= 0.6 is 0 Å². The molecule has 1 aromatic carbocycles. The van der Waals surface area contributed by atoms with E-state index < -0.39 is 0 Å². The molecular weight excluding hydrogens is 268 g/mol. The molecule has 0 spiro atoms. The maximum Gasteiger partial charge on any atom is 0.250 e. The van der Waals surface area contributed by atoms with Crippen LogP contribution < -0.4 is 10.6 Å². The second kappa shape index (κ2) is 5.58. The van der Waals surface area contributed by atoms with Crippen molar-refractivity contribution in [3.05, 3.63) is 47.9 Å². The van der Waals surface area contributed by atoms with Gasteiger partial charge in [-0.3, -0.25) is 0 Å². The fourth-order valence-electron chi connectivity index (χ4n) is 1.81. The molecule has 7 heteroatoms. The van der Waals surface area contributed by atoms with Gasteiger partial charge >= 0.3 is 0 Å². The topological polar surface area (TPSA) is 88.8 Å². The minimum Gasteiger partial charge on any atom is -0.360 e. The highest BCUT2D eigenvalue weighted by Gasteiger charge is 2.05. The van der Waals surface area contributed by atoms with Gasteiger partial charge in [0, 0.05) is 11.8 Å². The highest BCUT2D eigenvalue weighted by molar-refractivity contribution is 5.60. The Bertz CT molecular complexity index is 754. The van der Waals surface area contributed by atoms with Crippen LogP contribution in [0, 0.1) is 13.8 Å². The van der Waals surface area contributed by atoms with Gasteiger partial charge in [-0.25, -0.2) is 0 Å². The van der Waals surface area contributed by atoms with Crippen molar-refractivity contribution in [2.75, 3.05) is 10.6 Å². The second-order valence-corrected chi connectivity index (χ2v) is 4.55. The van der Waals surface area contributed by atoms with E-state index in [9.17, 15) is 0 Å². The molecule has 0 atom stereocenters. The lowest BCUT2D eigenvalue weighted by atomic mass is 10.2. The highest BCUT2D eigenvalue weighted by Crippen LogP contribution is 2.19. The zero-order chi connectivity index (χ0) is 14.7. The predicted octanol–water partition coefficient (Wildman–Crippen LogP) is 2.96. The molecule has 0 aliphatic rings. The van der Waals surface area contributed by atoms with E-state index in [-0.39, 0.29) is 0 Å². The molecule has 3 rings (SSSR count). The normalized spacial score (nSPS) is 10.4. The summed E-state index contributed by atoms with van der Waals surface area (Å²) in [5.74, 6) is 2.20. The van der Waals surface area contributed by atoms with Crippen molar-refractivity contribution in [3.8, 4) is 0 Å². The van der Waals surface area contributed by atoms with Crippen LogP contribution in [-0.4, -0.2) is 20.3 Å². The minimum absolute atomic E-state index is 0.349. The summed E-state index contributed by atoms with van der Waals surface area (Å²) in [6, 6.07) is 9.70. The number of rotatable bonds is 4. The van der Waals surface area contributed by atoms with E-state index in [1.165, 1.54) is 0 Å². The molecule has 2 aromatic heterocycles. The van der Waals surface area contributed by atoms with Gasteiger partial charge in [-0.2, -0.15) is 10.1 Å². The number of nitrogens with one attached hydrogen (secondary N) is 2. The molecule has 21 heavy (non-hydrogen) atoms. The smallest absolute Gasteiger partial charge is 0.250 e. The fraction of sp³-hybridized carbons (Fsp3) is 0.143. The van der Waals surface area contributed by atoms with Crippen molar-refractivity contribution in [3.63, 3.8) is 0 Å². The van der Waals surface area contributed by atoms with Crippen LogP contribution in [0.2, 0.25) is 0 Å². The SMILES string of the molecule is Cc1cc(Nc2nncc(Nc3ccccc3C)n2)no1. The third kappa shape index (κ3) is 3.14. The van der Waals surface area contributed by atoms with Crippen LogP contribution in [0.15, 0.2) is 41.1 Å². The number of nitrogens with zero attached hydrogens (tertiary/aromatic N) is 4. The molecular formula is C14H14N6O. The first-order valence-corrected chi connectivity index (χ1v) is 6.43. The molecule has 0 fully saturated rings. The maximum absolute atomic E-state index is 4.97. The van der Waals surface area contributed by atoms with Crippen LogP contribution in [0.5, 0.6) is 0 Å². The molecule has 0 aliphatic heterocycles. The lowest BCUT2D eigenvalue weighted by Gasteiger charge is -2.08. The number of para-hydroxylation sites is 1. The molecule has 2 N–H and O–H groups in total. The van der Waals surface area contributed by atoms with Gasteiger partial charge in [-0.05, 0) is 25.5 Å². The number of hydrogen-bond acceptors (Lipinski definition) is 7. The molecule has 0 saturated heterocycles.